The first-order chi connectivity index (χ1) is 7.50. The quantitative estimate of drug-likeness (QED) is 0.698. The summed E-state index contributed by atoms with van der Waals surface area (Å²) in [6.45, 7) is 1.09. The van der Waals surface area contributed by atoms with Crippen LogP contribution < -0.4 is 4.90 Å². The van der Waals surface area contributed by atoms with E-state index in [-0.39, 0.29) is 23.6 Å². The lowest BCUT2D eigenvalue weighted by Gasteiger charge is -2.13. The van der Waals surface area contributed by atoms with Crippen LogP contribution in [0.15, 0.2) is 18.2 Å². The van der Waals surface area contributed by atoms with E-state index in [1.54, 1.807) is 0 Å². The van der Waals surface area contributed by atoms with Gasteiger partial charge >= 0.3 is 0 Å². The molecule has 0 fully saturated rings. The fourth-order valence-corrected chi connectivity index (χ4v) is 1.65. The highest BCUT2D eigenvalue weighted by Crippen LogP contribution is 2.29. The van der Waals surface area contributed by atoms with Crippen LogP contribution in [-0.4, -0.2) is 24.0 Å². The Kier molecular flexibility index (Phi) is 2.30. The maximum Gasteiger partial charge on any atom is 0.299 e. The predicted molar refractivity (Wildman–Crippen MR) is 53.8 cm³/mol. The average Bonchev–Trinajstić information content (AvgIpc) is 2.43. The van der Waals surface area contributed by atoms with E-state index >= 15 is 0 Å². The minimum atomic E-state index is -0.782. The molecule has 0 bridgehead atoms. The van der Waals surface area contributed by atoms with Crippen molar-refractivity contribution >= 4 is 23.2 Å². The summed E-state index contributed by atoms with van der Waals surface area (Å²) in [5, 5.41) is 0. The zero-order chi connectivity index (χ0) is 11.9. The third-order valence-electron chi connectivity index (χ3n) is 2.32. The molecule has 0 N–H and O–H groups in total. The first-order valence-corrected chi connectivity index (χ1v) is 4.66. The Labute approximate surface area is 90.7 Å². The molecule has 5 heteroatoms. The molecule has 1 aromatic rings. The molecule has 1 aliphatic rings. The Morgan fingerprint density at radius 1 is 1.38 bits per heavy atom. The van der Waals surface area contributed by atoms with E-state index in [1.165, 1.54) is 13.0 Å². The summed E-state index contributed by atoms with van der Waals surface area (Å²) in [6, 6.07) is 3.45. The molecule has 0 aliphatic carbocycles. The standard InChI is InChI=1S/C11H8FNO3/c1-6(14)5-13-9-4-7(12)2-3-8(9)10(15)11(13)16/h2-4H,5H2,1H3. The zero-order valence-corrected chi connectivity index (χ0v) is 8.49. The van der Waals surface area contributed by atoms with Crippen LogP contribution in [0.1, 0.15) is 17.3 Å². The molecular formula is C11H8FNO3. The smallest absolute Gasteiger partial charge is 0.298 e. The summed E-state index contributed by atoms with van der Waals surface area (Å²) >= 11 is 0. The van der Waals surface area contributed by atoms with Gasteiger partial charge in [-0.3, -0.25) is 19.3 Å². The molecule has 1 aromatic carbocycles. The number of rotatable bonds is 2. The van der Waals surface area contributed by atoms with Gasteiger partial charge in [-0.15, -0.1) is 0 Å². The Morgan fingerprint density at radius 2 is 2.06 bits per heavy atom. The number of nitrogens with zero attached hydrogens (tertiary/aromatic N) is 1. The lowest BCUT2D eigenvalue weighted by atomic mass is 10.1. The van der Waals surface area contributed by atoms with Gasteiger partial charge in [0.05, 0.1) is 17.8 Å². The van der Waals surface area contributed by atoms with Crippen molar-refractivity contribution in [3.63, 3.8) is 0 Å². The van der Waals surface area contributed by atoms with Crippen molar-refractivity contribution in [3.8, 4) is 0 Å². The second kappa shape index (κ2) is 3.52. The number of hydrogen-bond donors (Lipinski definition) is 0. The van der Waals surface area contributed by atoms with Crippen LogP contribution in [0, 0.1) is 5.82 Å². The molecule has 4 nitrogen and oxygen atoms in total. The summed E-state index contributed by atoms with van der Waals surface area (Å²) in [5.41, 5.74) is 0.317. The molecule has 0 radical (unpaired) electrons. The van der Waals surface area contributed by atoms with Gasteiger partial charge < -0.3 is 0 Å². The van der Waals surface area contributed by atoms with Crippen LogP contribution in [0.25, 0.3) is 0 Å². The van der Waals surface area contributed by atoms with E-state index in [9.17, 15) is 18.8 Å². The maximum absolute atomic E-state index is 13.0. The van der Waals surface area contributed by atoms with E-state index in [0.29, 0.717) is 0 Å². The highest BCUT2D eigenvalue weighted by molar-refractivity contribution is 6.52. The predicted octanol–water partition coefficient (Wildman–Crippen LogP) is 0.944. The number of halogens is 1. The summed E-state index contributed by atoms with van der Waals surface area (Å²) < 4.78 is 13.0. The molecule has 1 heterocycles. The Morgan fingerprint density at radius 3 is 2.69 bits per heavy atom. The van der Waals surface area contributed by atoms with E-state index in [2.05, 4.69) is 0 Å². The first-order valence-electron chi connectivity index (χ1n) is 4.66. The van der Waals surface area contributed by atoms with Crippen LogP contribution >= 0.6 is 0 Å². The number of carbonyl (C=O) groups is 3. The molecule has 0 unspecified atom stereocenters. The van der Waals surface area contributed by atoms with E-state index < -0.39 is 17.5 Å². The molecular weight excluding hydrogens is 213 g/mol. The minimum Gasteiger partial charge on any atom is -0.298 e. The maximum atomic E-state index is 13.0. The van der Waals surface area contributed by atoms with Crippen molar-refractivity contribution < 1.29 is 18.8 Å². The van der Waals surface area contributed by atoms with Crippen molar-refractivity contribution in [2.75, 3.05) is 11.4 Å². The molecule has 0 aromatic heterocycles. The lowest BCUT2D eigenvalue weighted by molar-refractivity contribution is -0.119. The number of benzene rings is 1. The molecule has 1 aliphatic heterocycles. The molecule has 0 saturated heterocycles. The van der Waals surface area contributed by atoms with Crippen LogP contribution in [0.3, 0.4) is 0 Å². The number of carbonyl (C=O) groups excluding carboxylic acids is 3. The second-order valence-electron chi connectivity index (χ2n) is 3.58. The largest absolute Gasteiger partial charge is 0.299 e. The number of Topliss-reactive ketones (excluding diaryl/α,β-unsaturated/α-hetero) is 2. The summed E-state index contributed by atoms with van der Waals surface area (Å²) in [7, 11) is 0. The van der Waals surface area contributed by atoms with Gasteiger partial charge in [-0.05, 0) is 25.1 Å². The third-order valence-corrected chi connectivity index (χ3v) is 2.32. The molecule has 16 heavy (non-hydrogen) atoms. The van der Waals surface area contributed by atoms with Gasteiger partial charge in [-0.25, -0.2) is 4.39 Å². The summed E-state index contributed by atoms with van der Waals surface area (Å²) in [5.74, 6) is -2.29. The van der Waals surface area contributed by atoms with Gasteiger partial charge in [-0.1, -0.05) is 0 Å². The molecule has 0 saturated carbocycles. The van der Waals surface area contributed by atoms with Crippen LogP contribution in [0.5, 0.6) is 0 Å². The van der Waals surface area contributed by atoms with Gasteiger partial charge in [0.15, 0.2) is 0 Å². The van der Waals surface area contributed by atoms with Crippen molar-refractivity contribution in [2.24, 2.45) is 0 Å². The van der Waals surface area contributed by atoms with Gasteiger partial charge in [0, 0.05) is 0 Å². The Bertz CT molecular complexity index is 510. The first kappa shape index (κ1) is 10.5. The Hall–Kier alpha value is -2.04. The highest BCUT2D eigenvalue weighted by Gasteiger charge is 2.36. The van der Waals surface area contributed by atoms with Crippen molar-refractivity contribution in [2.45, 2.75) is 6.92 Å². The van der Waals surface area contributed by atoms with Crippen LogP contribution in [-0.2, 0) is 9.59 Å². The van der Waals surface area contributed by atoms with E-state index in [1.807, 2.05) is 0 Å². The number of amides is 1. The zero-order valence-electron chi connectivity index (χ0n) is 8.49. The van der Waals surface area contributed by atoms with E-state index in [0.717, 1.165) is 17.0 Å². The van der Waals surface area contributed by atoms with E-state index in [4.69, 9.17) is 0 Å². The number of anilines is 1. The summed E-state index contributed by atoms with van der Waals surface area (Å²) in [4.78, 5) is 34.9. The highest BCUT2D eigenvalue weighted by atomic mass is 19.1. The van der Waals surface area contributed by atoms with Crippen molar-refractivity contribution in [1.29, 1.82) is 0 Å². The monoisotopic (exact) mass is 221 g/mol. The Balaban J connectivity index is 2.51. The topological polar surface area (TPSA) is 54.5 Å². The number of fused-ring (bicyclic) bond motifs is 1. The van der Waals surface area contributed by atoms with Crippen LogP contribution in [0.2, 0.25) is 0 Å². The molecule has 82 valence electrons. The van der Waals surface area contributed by atoms with Gasteiger partial charge in [0.2, 0.25) is 0 Å². The van der Waals surface area contributed by atoms with Gasteiger partial charge in [0.1, 0.15) is 11.6 Å². The molecule has 0 atom stereocenters. The van der Waals surface area contributed by atoms with Crippen molar-refractivity contribution in [1.82, 2.24) is 0 Å². The minimum absolute atomic E-state index is 0.146. The summed E-state index contributed by atoms with van der Waals surface area (Å²) in [6.07, 6.45) is 0. The molecule has 1 amide bonds. The molecule has 0 spiro atoms. The number of ketones is 2. The SMILES string of the molecule is CC(=O)CN1C(=O)C(=O)c2ccc(F)cc21. The van der Waals surface area contributed by atoms with Crippen molar-refractivity contribution in [3.05, 3.63) is 29.6 Å². The third kappa shape index (κ3) is 1.50. The number of hydrogen-bond acceptors (Lipinski definition) is 3. The van der Waals surface area contributed by atoms with Gasteiger partial charge in [-0.2, -0.15) is 0 Å². The fourth-order valence-electron chi connectivity index (χ4n) is 1.65. The van der Waals surface area contributed by atoms with Gasteiger partial charge in [0.25, 0.3) is 11.7 Å². The fraction of sp³-hybridized carbons (Fsp3) is 0.182. The molecule has 2 rings (SSSR count). The lowest BCUT2D eigenvalue weighted by Crippen LogP contribution is -2.33. The van der Waals surface area contributed by atoms with Crippen LogP contribution in [0.4, 0.5) is 10.1 Å². The normalized spacial score (nSPS) is 14.2. The second-order valence-corrected chi connectivity index (χ2v) is 3.58. The average molecular weight is 221 g/mol.